The van der Waals surface area contributed by atoms with Crippen LogP contribution in [-0.4, -0.2) is 206 Å². The molecule has 0 aromatic heterocycles. The summed E-state index contributed by atoms with van der Waals surface area (Å²) >= 11 is 0. The van der Waals surface area contributed by atoms with Crippen molar-refractivity contribution in [3.05, 3.63) is 159 Å². The predicted molar refractivity (Wildman–Crippen MR) is 400 cm³/mol. The Kier molecular flexibility index (Phi) is 26.3. The highest BCUT2D eigenvalue weighted by molar-refractivity contribution is 7.86. The van der Waals surface area contributed by atoms with Crippen LogP contribution in [0.25, 0.3) is 0 Å². The molecule has 113 heavy (non-hydrogen) atoms. The molecule has 9 N–H and O–H groups in total. The number of carbonyl (C=O) groups excluding carboxylic acids is 6. The van der Waals surface area contributed by atoms with Gasteiger partial charge in [0.25, 0.3) is 53.9 Å². The van der Waals surface area contributed by atoms with Gasteiger partial charge in [-0.25, -0.2) is 26.4 Å². The van der Waals surface area contributed by atoms with E-state index in [2.05, 4.69) is 16.0 Å². The van der Waals surface area contributed by atoms with Crippen LogP contribution in [0.4, 0.5) is 24.5 Å². The number of nitrogens with one attached hydrogen (secondary N) is 3. The Morgan fingerprint density at radius 2 is 1.43 bits per heavy atom. The molecule has 0 saturated carbocycles. The number of amides is 6. The van der Waals surface area contributed by atoms with Gasteiger partial charge in [-0.05, 0) is 159 Å². The fraction of sp³-hybridized carbons (Fsp3) is 0.467. The van der Waals surface area contributed by atoms with E-state index in [0.29, 0.717) is 87.0 Å². The van der Waals surface area contributed by atoms with Gasteiger partial charge in [-0.15, -0.1) is 0 Å². The summed E-state index contributed by atoms with van der Waals surface area (Å²) in [5.41, 5.74) is 10.2. The molecule has 2 saturated heterocycles. The average molecular weight is 1660 g/mol. The smallest absolute Gasteiger partial charge is 0.326 e. The van der Waals surface area contributed by atoms with Gasteiger partial charge in [0.05, 0.1) is 70.5 Å². The number of ether oxygens (including phenoxy) is 3. The summed E-state index contributed by atoms with van der Waals surface area (Å²) in [5, 5.41) is 17.9. The lowest BCUT2D eigenvalue weighted by Crippen LogP contribution is -2.56. The summed E-state index contributed by atoms with van der Waals surface area (Å²) in [4.78, 5) is 92.7. The number of anilines is 1. The number of halogens is 3. The quantitative estimate of drug-likeness (QED) is 0.0114. The number of alkyl halides is 3. The molecule has 6 amide bonds. The van der Waals surface area contributed by atoms with E-state index >= 15 is 4.39 Å². The molecular formula is C75H89F3N8O23S4. The zero-order valence-electron chi connectivity index (χ0n) is 62.2. The third-order valence-electron chi connectivity index (χ3n) is 20.8. The van der Waals surface area contributed by atoms with E-state index in [4.69, 9.17) is 19.9 Å². The second kappa shape index (κ2) is 34.4. The van der Waals surface area contributed by atoms with E-state index in [9.17, 15) is 99.3 Å². The van der Waals surface area contributed by atoms with E-state index in [1.807, 2.05) is 61.5 Å². The highest BCUT2D eigenvalue weighted by Gasteiger charge is 2.62. The number of primary amides is 1. The minimum absolute atomic E-state index is 0.0239. The molecule has 1 aliphatic carbocycles. The number of rotatable bonds is 35. The van der Waals surface area contributed by atoms with Crippen LogP contribution in [0.1, 0.15) is 136 Å². The van der Waals surface area contributed by atoms with Gasteiger partial charge in [0.15, 0.2) is 5.71 Å². The van der Waals surface area contributed by atoms with E-state index in [0.717, 1.165) is 5.56 Å². The highest BCUT2D eigenvalue weighted by atomic mass is 32.2. The lowest BCUT2D eigenvalue weighted by atomic mass is 9.81. The lowest BCUT2D eigenvalue weighted by Gasteiger charge is -2.29. The monoisotopic (exact) mass is 1650 g/mol. The Balaban J connectivity index is 0.751. The van der Waals surface area contributed by atoms with Gasteiger partial charge in [-0.3, -0.25) is 47.3 Å². The van der Waals surface area contributed by atoms with Crippen molar-refractivity contribution in [1.29, 1.82) is 0 Å². The van der Waals surface area contributed by atoms with Crippen LogP contribution in [0, 0.1) is 5.92 Å². The van der Waals surface area contributed by atoms with Gasteiger partial charge in [-0.1, -0.05) is 38.1 Å². The zero-order chi connectivity index (χ0) is 82.6. The van der Waals surface area contributed by atoms with Crippen molar-refractivity contribution in [2.45, 2.75) is 162 Å². The number of benzene rings is 4. The SMILES string of the molecule is CC1(C)C(/C=C/C2=C(Oc3ccc(C[C@H](NC(=O)CCOCCOCCNC(=O)c4ccc5c(c4)CN(C(=O)C[C@@H]4C[C@@H](C(=O)N6CC(F)(F)C[C@@]6(F)C(N)=O)NC4=O)C5)C(=O)O)cc3)C(=C/C=C3/N(CCCCS(=O)(=O)[O-])c4ccc(S(=O)(=O)O)cc4C3(C)C)/CCC2)=[N+](CCCCS(=O)(=O)O)c2ccc(S(=O)(=O)O)cc21. The van der Waals surface area contributed by atoms with Crippen molar-refractivity contribution in [3.63, 3.8) is 0 Å². The molecule has 0 unspecified atom stereocenters. The molecule has 0 bridgehead atoms. The van der Waals surface area contributed by atoms with Gasteiger partial charge in [-0.2, -0.15) is 29.8 Å². The number of likely N-dealkylation sites (tertiary alicyclic amines) is 1. The molecule has 612 valence electrons. The number of fused-ring (bicyclic) bond motifs is 3. The predicted octanol–water partition coefficient (Wildman–Crippen LogP) is 5.95. The zero-order valence-corrected chi connectivity index (χ0v) is 65.5. The molecule has 5 heterocycles. The first kappa shape index (κ1) is 86.2. The number of nitrogens with two attached hydrogens (primary N) is 1. The minimum atomic E-state index is -4.65. The van der Waals surface area contributed by atoms with Gasteiger partial charge < -0.3 is 55.4 Å². The first-order chi connectivity index (χ1) is 52.8. The molecule has 4 aromatic rings. The molecule has 0 radical (unpaired) electrons. The Morgan fingerprint density at radius 1 is 0.770 bits per heavy atom. The number of carbonyl (C=O) groups is 7. The molecule has 2 fully saturated rings. The number of nitrogens with zero attached hydrogens (tertiary/aromatic N) is 4. The fourth-order valence-corrected chi connectivity index (χ4v) is 17.0. The molecule has 5 aliphatic heterocycles. The lowest BCUT2D eigenvalue weighted by molar-refractivity contribution is -0.438. The Morgan fingerprint density at radius 3 is 2.10 bits per heavy atom. The van der Waals surface area contributed by atoms with Crippen LogP contribution in [0.15, 0.2) is 136 Å². The maximum absolute atomic E-state index is 15.3. The summed E-state index contributed by atoms with van der Waals surface area (Å²) in [5.74, 6) is -15.3. The summed E-state index contributed by atoms with van der Waals surface area (Å²) in [6, 6.07) is 16.8. The number of hydrogen-bond acceptors (Lipinski definition) is 20. The highest BCUT2D eigenvalue weighted by Crippen LogP contribution is 2.50. The molecular weight excluding hydrogens is 1570 g/mol. The number of carboxylic acids is 1. The van der Waals surface area contributed by atoms with Crippen LogP contribution in [0.5, 0.6) is 5.75 Å². The van der Waals surface area contributed by atoms with Crippen molar-refractivity contribution in [2.75, 3.05) is 69.0 Å². The van der Waals surface area contributed by atoms with Crippen LogP contribution in [0.2, 0.25) is 0 Å². The summed E-state index contributed by atoms with van der Waals surface area (Å²) < 4.78 is 201. The number of aliphatic carboxylic acids is 1. The first-order valence-corrected chi connectivity index (χ1v) is 42.4. The third kappa shape index (κ3) is 21.0. The van der Waals surface area contributed by atoms with E-state index in [1.54, 1.807) is 54.6 Å². The van der Waals surface area contributed by atoms with Gasteiger partial charge in [0.2, 0.25) is 29.3 Å². The molecule has 4 aromatic carbocycles. The van der Waals surface area contributed by atoms with Crippen molar-refractivity contribution in [1.82, 2.24) is 25.8 Å². The number of allylic oxidation sites excluding steroid dienone is 7. The molecule has 4 atom stereocenters. The minimum Gasteiger partial charge on any atom is -0.748 e. The van der Waals surface area contributed by atoms with Crippen LogP contribution < -0.4 is 31.3 Å². The van der Waals surface area contributed by atoms with Crippen molar-refractivity contribution >= 4 is 99.0 Å². The van der Waals surface area contributed by atoms with Crippen LogP contribution in [-0.2, 0) is 109 Å². The van der Waals surface area contributed by atoms with Crippen LogP contribution >= 0.6 is 0 Å². The molecule has 10 rings (SSSR count). The van der Waals surface area contributed by atoms with E-state index < -0.39 is 147 Å². The second-order valence-electron chi connectivity index (χ2n) is 29.6. The Bertz CT molecular complexity index is 5090. The largest absolute Gasteiger partial charge is 0.748 e. The van der Waals surface area contributed by atoms with Gasteiger partial charge >= 0.3 is 5.97 Å². The molecule has 38 heteroatoms. The van der Waals surface area contributed by atoms with Gasteiger partial charge in [0.1, 0.15) is 30.1 Å². The number of unbranched alkanes of at least 4 members (excludes halogenated alkanes) is 2. The molecule has 6 aliphatic rings. The maximum atomic E-state index is 15.3. The average Bonchev–Trinajstić information content (AvgIpc) is 1.59. The van der Waals surface area contributed by atoms with Crippen molar-refractivity contribution < 1.29 is 123 Å². The van der Waals surface area contributed by atoms with Crippen molar-refractivity contribution in [3.8, 4) is 5.75 Å². The first-order valence-electron chi connectivity index (χ1n) is 36.3. The maximum Gasteiger partial charge on any atom is 0.326 e. The van der Waals surface area contributed by atoms with E-state index in [-0.39, 0.29) is 131 Å². The summed E-state index contributed by atoms with van der Waals surface area (Å²) in [7, 11) is -18.1. The van der Waals surface area contributed by atoms with E-state index in [1.165, 1.54) is 29.2 Å². The number of carboxylic acid groups (broad SMARTS) is 1. The normalized spacial score (nSPS) is 20.9. The fourth-order valence-electron chi connectivity index (χ4n) is 14.9. The Hall–Kier alpha value is -9.25. The van der Waals surface area contributed by atoms with Crippen LogP contribution in [0.3, 0.4) is 0 Å². The molecule has 0 spiro atoms. The molecule has 31 nitrogen and oxygen atoms in total. The standard InChI is InChI=1S/C75H89F3N8O23S4/c1-72(2)56-40-54(112(101,102)103)20-22-60(56)84(28-5-7-34-110(95,96)97)62(72)24-16-47-10-9-11-48(17-25-63-73(3,4)57-41-55(113(104,105)106)21-23-61(57)85(63)29-6-8-35-111(98,99)100)66(47)109-53-18-12-46(13-19-53)36-59(70(92)93)81-64(87)26-30-107-32-33-108-31-27-80-67(89)49-14-15-50-42-83(43-52(50)37-49)65(88)39-51-38-58(82-68(51)90)69(91)86-45-74(76,77)44-75(86,78)71(79)94/h12-25,37,40-41,51,58-59H,5-11,26-36,38-39,42-45H2,1-4H3,(H9-,79,80,81,82,87,89,90,92,93,94,95,96,97,98,99,100,101,102,103,104,105,106)/t51-,58-,59-,75-/m0/s1. The number of hydrogen-bond donors (Lipinski definition) is 8. The summed E-state index contributed by atoms with van der Waals surface area (Å²) in [6.07, 6.45) is 6.79. The second-order valence-corrected chi connectivity index (χ2v) is 35.6. The topological polar surface area (TPSA) is 463 Å². The Labute approximate surface area is 651 Å². The van der Waals surface area contributed by atoms with Gasteiger partial charge in [0, 0.05) is 104 Å². The summed E-state index contributed by atoms with van der Waals surface area (Å²) in [6.45, 7) is 6.82. The van der Waals surface area contributed by atoms with Crippen molar-refractivity contribution in [2.24, 2.45) is 11.7 Å². The third-order valence-corrected chi connectivity index (χ3v) is 24.1.